The molecule has 4 rings (SSSR count). The molecular weight excluding hydrogens is 484 g/mol. The predicted octanol–water partition coefficient (Wildman–Crippen LogP) is 4.19. The van der Waals surface area contributed by atoms with E-state index in [1.54, 1.807) is 68.4 Å². The second kappa shape index (κ2) is 9.83. The number of rotatable bonds is 7. The van der Waals surface area contributed by atoms with Crippen LogP contribution in [0.2, 0.25) is 0 Å². The van der Waals surface area contributed by atoms with Gasteiger partial charge in [0.2, 0.25) is 5.91 Å². The zero-order valence-corrected chi connectivity index (χ0v) is 21.3. The maximum atomic E-state index is 13.3. The molecule has 0 aliphatic carbocycles. The van der Waals surface area contributed by atoms with Crippen LogP contribution < -0.4 is 9.62 Å². The highest BCUT2D eigenvalue weighted by Crippen LogP contribution is 2.34. The van der Waals surface area contributed by atoms with Crippen molar-refractivity contribution in [1.82, 2.24) is 0 Å². The van der Waals surface area contributed by atoms with Crippen LogP contribution in [0.1, 0.15) is 31.4 Å². The van der Waals surface area contributed by atoms with Crippen LogP contribution >= 0.6 is 0 Å². The Labute approximate surface area is 206 Å². The van der Waals surface area contributed by atoms with Crippen LogP contribution in [0.25, 0.3) is 0 Å². The number of nitrogens with zero attached hydrogens (tertiary/aromatic N) is 1. The van der Waals surface area contributed by atoms with E-state index in [-0.39, 0.29) is 22.1 Å². The molecule has 7 nitrogen and oxygen atoms in total. The van der Waals surface area contributed by atoms with Crippen molar-refractivity contribution in [2.75, 3.05) is 16.2 Å². The van der Waals surface area contributed by atoms with Gasteiger partial charge in [0.05, 0.1) is 27.1 Å². The van der Waals surface area contributed by atoms with Gasteiger partial charge in [0, 0.05) is 12.2 Å². The summed E-state index contributed by atoms with van der Waals surface area (Å²) in [6, 6.07) is 19.9. The number of amides is 1. The lowest BCUT2D eigenvalue weighted by atomic mass is 10.0. The van der Waals surface area contributed by atoms with Crippen molar-refractivity contribution in [1.29, 1.82) is 0 Å². The molecule has 3 aromatic carbocycles. The average molecular weight is 513 g/mol. The molecule has 0 bridgehead atoms. The van der Waals surface area contributed by atoms with Crippen LogP contribution in [-0.2, 0) is 37.5 Å². The van der Waals surface area contributed by atoms with Gasteiger partial charge in [0.1, 0.15) is 0 Å². The summed E-state index contributed by atoms with van der Waals surface area (Å²) >= 11 is 0. The standard InChI is InChI=1S/C26H28N2O5S2/c1-19(2)34(30,31)23-14-10-20(11-15-23)17-26(29)27-22-13-12-21-7-6-16-28(25(21)18-22)35(32,33)24-8-4-3-5-9-24/h3-5,8-15,18-19H,6-7,16-17H2,1-2H3,(H,27,29). The first-order valence-electron chi connectivity index (χ1n) is 11.4. The highest BCUT2D eigenvalue weighted by atomic mass is 32.2. The van der Waals surface area contributed by atoms with Crippen LogP contribution in [0.4, 0.5) is 11.4 Å². The third-order valence-corrected chi connectivity index (χ3v) is 10.0. The number of nitrogens with one attached hydrogen (secondary N) is 1. The molecule has 1 amide bonds. The Hall–Kier alpha value is -3.17. The summed E-state index contributed by atoms with van der Waals surface area (Å²) < 4.78 is 52.5. The van der Waals surface area contributed by atoms with Crippen molar-refractivity contribution in [2.24, 2.45) is 0 Å². The van der Waals surface area contributed by atoms with E-state index in [9.17, 15) is 21.6 Å². The second-order valence-electron chi connectivity index (χ2n) is 8.80. The minimum Gasteiger partial charge on any atom is -0.326 e. The molecule has 0 unspecified atom stereocenters. The Kier molecular flexibility index (Phi) is 7.00. The SMILES string of the molecule is CC(C)S(=O)(=O)c1ccc(CC(=O)Nc2ccc3c(c2)N(S(=O)(=O)c2ccccc2)CCC3)cc1. The van der Waals surface area contributed by atoms with Gasteiger partial charge in [-0.05, 0) is 74.2 Å². The van der Waals surface area contributed by atoms with Gasteiger partial charge in [-0.1, -0.05) is 36.4 Å². The normalized spacial score (nSPS) is 14.0. The van der Waals surface area contributed by atoms with Crippen molar-refractivity contribution in [3.63, 3.8) is 0 Å². The summed E-state index contributed by atoms with van der Waals surface area (Å²) in [5.41, 5.74) is 2.66. The van der Waals surface area contributed by atoms with Gasteiger partial charge in [-0.2, -0.15) is 0 Å². The number of carbonyl (C=O) groups is 1. The molecule has 0 aromatic heterocycles. The van der Waals surface area contributed by atoms with Gasteiger partial charge in [0.25, 0.3) is 10.0 Å². The molecule has 0 atom stereocenters. The van der Waals surface area contributed by atoms with E-state index >= 15 is 0 Å². The lowest BCUT2D eigenvalue weighted by Gasteiger charge is -2.31. The molecule has 1 heterocycles. The summed E-state index contributed by atoms with van der Waals surface area (Å²) in [4.78, 5) is 13.1. The minimum absolute atomic E-state index is 0.0606. The van der Waals surface area contributed by atoms with Crippen molar-refractivity contribution in [2.45, 2.75) is 48.2 Å². The second-order valence-corrected chi connectivity index (χ2v) is 13.2. The van der Waals surface area contributed by atoms with Crippen molar-refractivity contribution < 1.29 is 21.6 Å². The highest BCUT2D eigenvalue weighted by molar-refractivity contribution is 7.93. The fraction of sp³-hybridized carbons (Fsp3) is 0.269. The van der Waals surface area contributed by atoms with Crippen molar-refractivity contribution in [3.8, 4) is 0 Å². The number of sulfonamides is 1. The molecule has 0 radical (unpaired) electrons. The Morgan fingerprint density at radius 1 is 0.914 bits per heavy atom. The number of hydrogen-bond acceptors (Lipinski definition) is 5. The molecule has 1 aliphatic rings. The quantitative estimate of drug-likeness (QED) is 0.512. The fourth-order valence-electron chi connectivity index (χ4n) is 4.05. The van der Waals surface area contributed by atoms with E-state index in [1.165, 1.54) is 16.4 Å². The van der Waals surface area contributed by atoms with E-state index in [0.29, 0.717) is 29.9 Å². The maximum Gasteiger partial charge on any atom is 0.264 e. The van der Waals surface area contributed by atoms with E-state index in [4.69, 9.17) is 0 Å². The molecule has 35 heavy (non-hydrogen) atoms. The highest BCUT2D eigenvalue weighted by Gasteiger charge is 2.29. The number of fused-ring (bicyclic) bond motifs is 1. The summed E-state index contributed by atoms with van der Waals surface area (Å²) in [5, 5.41) is 2.31. The molecule has 1 N–H and O–H groups in total. The molecule has 1 aliphatic heterocycles. The first-order valence-corrected chi connectivity index (χ1v) is 14.4. The molecule has 184 valence electrons. The Morgan fingerprint density at radius 3 is 2.26 bits per heavy atom. The number of sulfone groups is 1. The largest absolute Gasteiger partial charge is 0.326 e. The lowest BCUT2D eigenvalue weighted by Crippen LogP contribution is -2.35. The molecule has 0 spiro atoms. The first-order chi connectivity index (χ1) is 16.6. The van der Waals surface area contributed by atoms with Crippen molar-refractivity contribution >= 4 is 37.1 Å². The van der Waals surface area contributed by atoms with Crippen LogP contribution in [0.15, 0.2) is 82.6 Å². The number of benzene rings is 3. The number of aryl methyl sites for hydroxylation is 1. The van der Waals surface area contributed by atoms with Crippen molar-refractivity contribution in [3.05, 3.63) is 83.9 Å². The van der Waals surface area contributed by atoms with Crippen LogP contribution in [0.5, 0.6) is 0 Å². The monoisotopic (exact) mass is 512 g/mol. The topological polar surface area (TPSA) is 101 Å². The minimum atomic E-state index is -3.72. The Balaban J connectivity index is 1.52. The van der Waals surface area contributed by atoms with Gasteiger partial charge in [0.15, 0.2) is 9.84 Å². The Bertz CT molecular complexity index is 1430. The summed E-state index contributed by atoms with van der Waals surface area (Å²) in [7, 11) is -7.09. The van der Waals surface area contributed by atoms with E-state index in [1.807, 2.05) is 6.07 Å². The third kappa shape index (κ3) is 5.26. The fourth-order valence-corrected chi connectivity index (χ4v) is 6.66. The summed E-state index contributed by atoms with van der Waals surface area (Å²) in [6.07, 6.45) is 1.54. The van der Waals surface area contributed by atoms with Gasteiger partial charge >= 0.3 is 0 Å². The zero-order chi connectivity index (χ0) is 25.2. The van der Waals surface area contributed by atoms with Gasteiger partial charge in [-0.15, -0.1) is 0 Å². The smallest absolute Gasteiger partial charge is 0.264 e. The van der Waals surface area contributed by atoms with E-state index in [2.05, 4.69) is 5.32 Å². The molecule has 0 saturated carbocycles. The molecule has 9 heteroatoms. The molecule has 0 saturated heterocycles. The summed E-state index contributed by atoms with van der Waals surface area (Å²) in [6.45, 7) is 3.62. The van der Waals surface area contributed by atoms with Gasteiger partial charge in [-0.25, -0.2) is 16.8 Å². The molecular formula is C26H28N2O5S2. The first kappa shape index (κ1) is 24.9. The number of carbonyl (C=O) groups excluding carboxylic acids is 1. The third-order valence-electron chi connectivity index (χ3n) is 6.01. The lowest BCUT2D eigenvalue weighted by molar-refractivity contribution is -0.115. The number of anilines is 2. The van der Waals surface area contributed by atoms with Crippen LogP contribution in [-0.4, -0.2) is 34.5 Å². The molecule has 3 aromatic rings. The van der Waals surface area contributed by atoms with Crippen LogP contribution in [0.3, 0.4) is 0 Å². The maximum absolute atomic E-state index is 13.3. The van der Waals surface area contributed by atoms with Gasteiger partial charge in [-0.3, -0.25) is 9.10 Å². The molecule has 0 fully saturated rings. The van der Waals surface area contributed by atoms with Gasteiger partial charge < -0.3 is 5.32 Å². The summed E-state index contributed by atoms with van der Waals surface area (Å²) in [5.74, 6) is -0.280. The van der Waals surface area contributed by atoms with Crippen LogP contribution in [0, 0.1) is 0 Å². The average Bonchev–Trinajstić information content (AvgIpc) is 2.84. The Morgan fingerprint density at radius 2 is 1.60 bits per heavy atom. The predicted molar refractivity (Wildman–Crippen MR) is 137 cm³/mol. The van der Waals surface area contributed by atoms with E-state index in [0.717, 1.165) is 12.0 Å². The number of hydrogen-bond donors (Lipinski definition) is 1. The zero-order valence-electron chi connectivity index (χ0n) is 19.6. The van der Waals surface area contributed by atoms with E-state index < -0.39 is 25.1 Å².